The van der Waals surface area contributed by atoms with Crippen LogP contribution in [0.1, 0.15) is 103 Å². The van der Waals surface area contributed by atoms with E-state index in [-0.39, 0.29) is 34.4 Å². The summed E-state index contributed by atoms with van der Waals surface area (Å²) >= 11 is 0. The molecule has 9 rings (SSSR count). The number of hydrogen-bond donors (Lipinski definition) is 8. The van der Waals surface area contributed by atoms with Crippen LogP contribution in [0.3, 0.4) is 0 Å². The third-order valence-corrected chi connectivity index (χ3v) is 13.8. The minimum Gasteiger partial charge on any atom is -0.286 e. The smallest absolute Gasteiger partial charge is 0.0628 e. The van der Waals surface area contributed by atoms with Gasteiger partial charge in [-0.25, -0.2) is 0 Å². The third kappa shape index (κ3) is 5.44. The van der Waals surface area contributed by atoms with Crippen LogP contribution in [0.5, 0.6) is 0 Å². The van der Waals surface area contributed by atoms with Gasteiger partial charge in [-0.15, -0.1) is 0 Å². The Bertz CT molecular complexity index is 723. The third-order valence-electron chi connectivity index (χ3n) is 13.8. The van der Waals surface area contributed by atoms with Crippen LogP contribution in [-0.4, -0.2) is 49.3 Å². The average Bonchev–Trinajstić information content (AvgIpc) is 3.73. The first-order chi connectivity index (χ1) is 19.8. The molecule has 0 aromatic heterocycles. The van der Waals surface area contributed by atoms with Crippen molar-refractivity contribution in [3.05, 3.63) is 0 Å². The van der Waals surface area contributed by atoms with Crippen molar-refractivity contribution < 1.29 is 34.4 Å². The van der Waals surface area contributed by atoms with Crippen molar-refractivity contribution >= 4 is 0 Å². The molecule has 0 amide bonds. The zero-order valence-electron chi connectivity index (χ0n) is 25.3. The van der Waals surface area contributed by atoms with Gasteiger partial charge in [-0.05, 0) is 98.7 Å². The molecule has 42 heavy (non-hydrogen) atoms. The van der Waals surface area contributed by atoms with Gasteiger partial charge in [0, 0.05) is 34.4 Å². The molecule has 0 aromatic rings. The van der Waals surface area contributed by atoms with Gasteiger partial charge in [-0.2, -0.15) is 0 Å². The van der Waals surface area contributed by atoms with Crippen LogP contribution in [0.2, 0.25) is 0 Å². The molecule has 5 aliphatic heterocycles. The molecule has 9 aliphatic rings. The molecule has 8 N–H and O–H groups in total. The minimum atomic E-state index is 0. The first-order valence-electron chi connectivity index (χ1n) is 17.9. The van der Waals surface area contributed by atoms with Crippen molar-refractivity contribution in [3.8, 4) is 0 Å². The zero-order valence-corrected chi connectivity index (χ0v) is 27.5. The van der Waals surface area contributed by atoms with E-state index in [0.29, 0.717) is 49.3 Å². The predicted molar refractivity (Wildman–Crippen MR) is 157 cm³/mol. The van der Waals surface area contributed by atoms with Gasteiger partial charge in [-0.3, -0.25) is 42.5 Å². The fourth-order valence-electron chi connectivity index (χ4n) is 12.0. The first kappa shape index (κ1) is 31.3. The van der Waals surface area contributed by atoms with E-state index in [0.717, 1.165) is 47.3 Å². The molecular formula is C32H56CrCuN8. The summed E-state index contributed by atoms with van der Waals surface area (Å²) in [5.74, 6) is 5.97. The number of hydrogen-bond acceptors (Lipinski definition) is 8. The molecular weight excluding hydrogens is 612 g/mol. The Morgan fingerprint density at radius 2 is 0.357 bits per heavy atom. The van der Waals surface area contributed by atoms with E-state index in [1.807, 2.05) is 0 Å². The van der Waals surface area contributed by atoms with E-state index >= 15 is 0 Å². The van der Waals surface area contributed by atoms with E-state index in [1.54, 1.807) is 0 Å². The second-order valence-corrected chi connectivity index (χ2v) is 15.6. The molecule has 0 spiro atoms. The minimum absolute atomic E-state index is 0. The molecule has 5 saturated heterocycles. The molecule has 8 unspecified atom stereocenters. The predicted octanol–water partition coefficient (Wildman–Crippen LogP) is 2.60. The topological polar surface area (TPSA) is 96.2 Å². The summed E-state index contributed by atoms with van der Waals surface area (Å²) in [4.78, 5) is 0. The molecule has 9 fully saturated rings. The van der Waals surface area contributed by atoms with Gasteiger partial charge in [0.15, 0.2) is 0 Å². The van der Waals surface area contributed by atoms with Crippen molar-refractivity contribution in [2.75, 3.05) is 0 Å². The van der Waals surface area contributed by atoms with Crippen LogP contribution in [0.25, 0.3) is 0 Å². The zero-order chi connectivity index (χ0) is 26.2. The van der Waals surface area contributed by atoms with Crippen LogP contribution in [0.4, 0.5) is 0 Å². The second kappa shape index (κ2) is 13.1. The van der Waals surface area contributed by atoms with Crippen LogP contribution in [0.15, 0.2) is 0 Å². The molecule has 8 bridgehead atoms. The van der Waals surface area contributed by atoms with E-state index in [9.17, 15) is 0 Å². The van der Waals surface area contributed by atoms with Gasteiger partial charge in [0.05, 0.1) is 49.3 Å². The number of fused-ring (bicyclic) bond motifs is 20. The van der Waals surface area contributed by atoms with Crippen LogP contribution in [0, 0.1) is 47.3 Å². The Balaban J connectivity index is 0.00000144. The van der Waals surface area contributed by atoms with E-state index in [1.165, 1.54) is 103 Å². The summed E-state index contributed by atoms with van der Waals surface area (Å²) in [7, 11) is 0. The molecule has 10 heteroatoms. The van der Waals surface area contributed by atoms with Gasteiger partial charge in [0.2, 0.25) is 0 Å². The standard InChI is InChI=1S/C32H56N8.Cr.Cu/c1-2-10-18-17(9-1)25-33-26(18)38-28-21-13-5-6-14-22(21)30(35-28)40-32-24-16-8-7-15-23(24)31(36-32)39-29-20-12-4-3-11-19(20)27(34-29)37-25;;/h17-40H,1-16H2;;. The Hall–Kier alpha value is 0.732. The Labute approximate surface area is 275 Å². The van der Waals surface area contributed by atoms with Gasteiger partial charge in [-0.1, -0.05) is 51.4 Å². The van der Waals surface area contributed by atoms with Crippen LogP contribution in [-0.2, 0) is 34.4 Å². The van der Waals surface area contributed by atoms with E-state index < -0.39 is 0 Å². The number of rotatable bonds is 0. The van der Waals surface area contributed by atoms with Crippen molar-refractivity contribution in [1.82, 2.24) is 42.5 Å². The largest absolute Gasteiger partial charge is 0.286 e. The Kier molecular flexibility index (Phi) is 9.77. The summed E-state index contributed by atoms with van der Waals surface area (Å²) in [5, 5.41) is 33.8. The first-order valence-corrected chi connectivity index (χ1v) is 17.9. The second-order valence-electron chi connectivity index (χ2n) is 15.6. The molecule has 241 valence electrons. The van der Waals surface area contributed by atoms with Crippen molar-refractivity contribution in [3.63, 3.8) is 0 Å². The number of nitrogens with one attached hydrogen (secondary N) is 8. The molecule has 4 aliphatic carbocycles. The summed E-state index contributed by atoms with van der Waals surface area (Å²) in [6.45, 7) is 0. The molecule has 0 aromatic carbocycles. The molecule has 8 atom stereocenters. The van der Waals surface area contributed by atoms with Gasteiger partial charge < -0.3 is 0 Å². The normalized spacial score (nSPS) is 54.9. The van der Waals surface area contributed by atoms with Gasteiger partial charge in [0.25, 0.3) is 0 Å². The van der Waals surface area contributed by atoms with E-state index in [2.05, 4.69) is 42.5 Å². The van der Waals surface area contributed by atoms with Crippen LogP contribution < -0.4 is 42.5 Å². The summed E-state index contributed by atoms with van der Waals surface area (Å²) in [5.41, 5.74) is 0. The average molecular weight is 668 g/mol. The van der Waals surface area contributed by atoms with Gasteiger partial charge in [0.1, 0.15) is 0 Å². The maximum absolute atomic E-state index is 4.26. The monoisotopic (exact) mass is 667 g/mol. The maximum atomic E-state index is 4.26. The quantitative estimate of drug-likeness (QED) is 0.187. The molecule has 5 heterocycles. The Morgan fingerprint density at radius 3 is 0.476 bits per heavy atom. The fourth-order valence-corrected chi connectivity index (χ4v) is 12.0. The Morgan fingerprint density at radius 1 is 0.238 bits per heavy atom. The SMILES string of the molecule is C1CCC2C3NC(NC4NC(NC5NC(NC6NC(N3)C3CCCCC63)C3CCCCC53)C3CCCCC43)C2C1.[Cr].[Cu]. The summed E-state index contributed by atoms with van der Waals surface area (Å²) in [6, 6.07) is 0. The van der Waals surface area contributed by atoms with E-state index in [4.69, 9.17) is 0 Å². The van der Waals surface area contributed by atoms with Crippen LogP contribution >= 0.6 is 0 Å². The summed E-state index contributed by atoms with van der Waals surface area (Å²) in [6.07, 6.45) is 25.6. The van der Waals surface area contributed by atoms with Crippen molar-refractivity contribution in [1.29, 1.82) is 0 Å². The molecule has 1 radical (unpaired) electrons. The van der Waals surface area contributed by atoms with Crippen molar-refractivity contribution in [2.24, 2.45) is 47.3 Å². The summed E-state index contributed by atoms with van der Waals surface area (Å²) < 4.78 is 0. The molecule has 8 nitrogen and oxygen atoms in total. The molecule has 4 saturated carbocycles. The van der Waals surface area contributed by atoms with Gasteiger partial charge >= 0.3 is 0 Å². The maximum Gasteiger partial charge on any atom is 0.0628 e. The fraction of sp³-hybridized carbons (Fsp3) is 1.00. The van der Waals surface area contributed by atoms with Crippen molar-refractivity contribution in [2.45, 2.75) is 152 Å².